The van der Waals surface area contributed by atoms with E-state index in [2.05, 4.69) is 17.5 Å². The summed E-state index contributed by atoms with van der Waals surface area (Å²) in [6.07, 6.45) is 4.94. The van der Waals surface area contributed by atoms with Crippen LogP contribution in [-0.4, -0.2) is 24.7 Å². The van der Waals surface area contributed by atoms with Crippen LogP contribution in [0.2, 0.25) is 0 Å². The lowest BCUT2D eigenvalue weighted by atomic mass is 10.2. The van der Waals surface area contributed by atoms with Crippen LogP contribution in [-0.2, 0) is 4.79 Å². The smallest absolute Gasteiger partial charge is 0.343 e. The topological polar surface area (TPSA) is 77.0 Å². The minimum atomic E-state index is -0.456. The molecule has 0 atom stereocenters. The molecule has 28 heavy (non-hydrogen) atoms. The van der Waals surface area contributed by atoms with Gasteiger partial charge in [-0.3, -0.25) is 4.79 Å². The van der Waals surface area contributed by atoms with Gasteiger partial charge in [-0.15, -0.1) is 0 Å². The van der Waals surface area contributed by atoms with E-state index in [1.54, 1.807) is 42.5 Å². The molecule has 1 N–H and O–H groups in total. The zero-order chi connectivity index (χ0) is 20.2. The van der Waals surface area contributed by atoms with E-state index in [-0.39, 0.29) is 5.91 Å². The number of nitrogens with one attached hydrogen (secondary N) is 1. The number of carbonyl (C=O) groups is 2. The predicted octanol–water partition coefficient (Wildman–Crippen LogP) is 4.33. The van der Waals surface area contributed by atoms with Crippen molar-refractivity contribution in [1.29, 1.82) is 0 Å². The molecule has 2 aromatic carbocycles. The number of rotatable bonds is 10. The molecule has 0 aliphatic rings. The minimum Gasteiger partial charge on any atom is -0.490 e. The Morgan fingerprint density at radius 1 is 1.04 bits per heavy atom. The SMILES string of the molecule is CCCCCC(=O)NN=Cc1ccc(OC(=O)c2ccccc2)c(OCC)c1. The van der Waals surface area contributed by atoms with Gasteiger partial charge in [-0.1, -0.05) is 38.0 Å². The Kier molecular flexibility index (Phi) is 8.72. The van der Waals surface area contributed by atoms with Crippen molar-refractivity contribution < 1.29 is 19.1 Å². The van der Waals surface area contributed by atoms with Gasteiger partial charge in [-0.2, -0.15) is 5.10 Å². The van der Waals surface area contributed by atoms with Crippen LogP contribution in [0.1, 0.15) is 55.5 Å². The lowest BCUT2D eigenvalue weighted by Crippen LogP contribution is -2.16. The highest BCUT2D eigenvalue weighted by molar-refractivity contribution is 5.91. The third-order valence-corrected chi connectivity index (χ3v) is 3.89. The maximum absolute atomic E-state index is 12.3. The third kappa shape index (κ3) is 6.87. The number of esters is 1. The van der Waals surface area contributed by atoms with Crippen LogP contribution < -0.4 is 14.9 Å². The average molecular weight is 382 g/mol. The van der Waals surface area contributed by atoms with E-state index in [1.807, 2.05) is 13.0 Å². The van der Waals surface area contributed by atoms with Crippen molar-refractivity contribution in [3.05, 3.63) is 59.7 Å². The fourth-order valence-corrected chi connectivity index (χ4v) is 2.46. The second-order valence-electron chi connectivity index (χ2n) is 6.15. The van der Waals surface area contributed by atoms with Crippen LogP contribution in [0.5, 0.6) is 11.5 Å². The Morgan fingerprint density at radius 3 is 2.54 bits per heavy atom. The second kappa shape index (κ2) is 11.5. The molecule has 0 bridgehead atoms. The number of benzene rings is 2. The van der Waals surface area contributed by atoms with Gasteiger partial charge in [0.2, 0.25) is 5.91 Å². The van der Waals surface area contributed by atoms with Gasteiger partial charge >= 0.3 is 5.97 Å². The highest BCUT2D eigenvalue weighted by Gasteiger charge is 2.12. The van der Waals surface area contributed by atoms with E-state index in [1.165, 1.54) is 6.21 Å². The first-order valence-electron chi connectivity index (χ1n) is 9.50. The number of nitrogens with zero attached hydrogens (tertiary/aromatic N) is 1. The molecule has 0 aromatic heterocycles. The number of amides is 1. The van der Waals surface area contributed by atoms with Crippen molar-refractivity contribution in [2.24, 2.45) is 5.10 Å². The molecule has 0 unspecified atom stereocenters. The lowest BCUT2D eigenvalue weighted by Gasteiger charge is -2.11. The molecule has 2 aromatic rings. The molecule has 2 rings (SSSR count). The second-order valence-corrected chi connectivity index (χ2v) is 6.15. The van der Waals surface area contributed by atoms with Gasteiger partial charge in [-0.25, -0.2) is 10.2 Å². The molecule has 0 spiro atoms. The summed E-state index contributed by atoms with van der Waals surface area (Å²) in [6.45, 7) is 4.36. The molecule has 6 nitrogen and oxygen atoms in total. The van der Waals surface area contributed by atoms with Crippen LogP contribution in [0.4, 0.5) is 0 Å². The van der Waals surface area contributed by atoms with Crippen molar-refractivity contribution in [3.8, 4) is 11.5 Å². The summed E-state index contributed by atoms with van der Waals surface area (Å²) in [4.78, 5) is 23.9. The minimum absolute atomic E-state index is 0.108. The molecule has 1 amide bonds. The number of carbonyl (C=O) groups excluding carboxylic acids is 2. The van der Waals surface area contributed by atoms with Crippen molar-refractivity contribution in [2.75, 3.05) is 6.61 Å². The van der Waals surface area contributed by atoms with Crippen molar-refractivity contribution >= 4 is 18.1 Å². The van der Waals surface area contributed by atoms with Crippen molar-refractivity contribution in [3.63, 3.8) is 0 Å². The molecule has 6 heteroatoms. The van der Waals surface area contributed by atoms with Gasteiger partial charge < -0.3 is 9.47 Å². The Hall–Kier alpha value is -3.15. The van der Waals surface area contributed by atoms with E-state index in [0.29, 0.717) is 30.1 Å². The highest BCUT2D eigenvalue weighted by atomic mass is 16.6. The van der Waals surface area contributed by atoms with Crippen LogP contribution in [0.15, 0.2) is 53.6 Å². The van der Waals surface area contributed by atoms with Gasteiger partial charge in [0.15, 0.2) is 11.5 Å². The Labute approximate surface area is 165 Å². The number of hydrogen-bond acceptors (Lipinski definition) is 5. The van der Waals surface area contributed by atoms with Crippen LogP contribution in [0.3, 0.4) is 0 Å². The average Bonchev–Trinajstić information content (AvgIpc) is 2.71. The maximum Gasteiger partial charge on any atom is 0.343 e. The summed E-state index contributed by atoms with van der Waals surface area (Å²) in [5.74, 6) is 0.201. The fraction of sp³-hybridized carbons (Fsp3) is 0.318. The summed E-state index contributed by atoms with van der Waals surface area (Å²) in [5, 5.41) is 3.97. The normalized spacial score (nSPS) is 10.6. The largest absolute Gasteiger partial charge is 0.490 e. The molecular weight excluding hydrogens is 356 g/mol. The lowest BCUT2D eigenvalue weighted by molar-refractivity contribution is -0.121. The molecule has 0 radical (unpaired) electrons. The maximum atomic E-state index is 12.3. The zero-order valence-electron chi connectivity index (χ0n) is 16.3. The predicted molar refractivity (Wildman–Crippen MR) is 109 cm³/mol. The van der Waals surface area contributed by atoms with Gasteiger partial charge in [0, 0.05) is 6.42 Å². The molecule has 0 aliphatic carbocycles. The first-order valence-corrected chi connectivity index (χ1v) is 9.50. The highest BCUT2D eigenvalue weighted by Crippen LogP contribution is 2.28. The Balaban J connectivity index is 2.02. The van der Waals surface area contributed by atoms with E-state index >= 15 is 0 Å². The number of ether oxygens (including phenoxy) is 2. The Bertz CT molecular complexity index is 803. The molecule has 0 aliphatic heterocycles. The van der Waals surface area contributed by atoms with Crippen LogP contribution in [0, 0.1) is 0 Å². The molecule has 148 valence electrons. The number of hydrogen-bond donors (Lipinski definition) is 1. The quantitative estimate of drug-likeness (QED) is 0.218. The molecule has 0 saturated carbocycles. The van der Waals surface area contributed by atoms with Crippen molar-refractivity contribution in [2.45, 2.75) is 39.5 Å². The summed E-state index contributed by atoms with van der Waals surface area (Å²) >= 11 is 0. The van der Waals surface area contributed by atoms with E-state index < -0.39 is 5.97 Å². The van der Waals surface area contributed by atoms with E-state index in [9.17, 15) is 9.59 Å². The molecule has 0 heterocycles. The van der Waals surface area contributed by atoms with E-state index in [4.69, 9.17) is 9.47 Å². The van der Waals surface area contributed by atoms with Gasteiger partial charge in [-0.05, 0) is 49.2 Å². The van der Waals surface area contributed by atoms with Crippen LogP contribution >= 0.6 is 0 Å². The van der Waals surface area contributed by atoms with E-state index in [0.717, 1.165) is 24.8 Å². The monoisotopic (exact) mass is 382 g/mol. The Morgan fingerprint density at radius 2 is 1.82 bits per heavy atom. The number of hydrazone groups is 1. The van der Waals surface area contributed by atoms with Gasteiger partial charge in [0.25, 0.3) is 0 Å². The molecule has 0 saturated heterocycles. The standard InChI is InChI=1S/C22H26N2O4/c1-3-5-7-12-21(25)24-23-16-17-13-14-19(20(15-17)27-4-2)28-22(26)18-10-8-6-9-11-18/h6,8-11,13-16H,3-5,7,12H2,1-2H3,(H,24,25). The fourth-order valence-electron chi connectivity index (χ4n) is 2.46. The summed E-state index contributed by atoms with van der Waals surface area (Å²) in [7, 11) is 0. The summed E-state index contributed by atoms with van der Waals surface area (Å²) in [6, 6.07) is 13.9. The summed E-state index contributed by atoms with van der Waals surface area (Å²) < 4.78 is 11.0. The molecular formula is C22H26N2O4. The van der Waals surface area contributed by atoms with Gasteiger partial charge in [0.1, 0.15) is 0 Å². The third-order valence-electron chi connectivity index (χ3n) is 3.89. The summed E-state index contributed by atoms with van der Waals surface area (Å²) in [5.41, 5.74) is 3.69. The van der Waals surface area contributed by atoms with Gasteiger partial charge in [0.05, 0.1) is 18.4 Å². The van der Waals surface area contributed by atoms with Crippen LogP contribution in [0.25, 0.3) is 0 Å². The first-order chi connectivity index (χ1) is 13.6. The number of unbranched alkanes of at least 4 members (excludes halogenated alkanes) is 2. The van der Waals surface area contributed by atoms with Crippen molar-refractivity contribution in [1.82, 2.24) is 5.43 Å². The first kappa shape index (κ1) is 21.2. The molecule has 0 fully saturated rings. The zero-order valence-corrected chi connectivity index (χ0v) is 16.3.